The first-order chi connectivity index (χ1) is 10.3. The number of unbranched alkanes of at least 4 members (excludes halogenated alkanes) is 1. The summed E-state index contributed by atoms with van der Waals surface area (Å²) >= 11 is 0. The van der Waals surface area contributed by atoms with Crippen molar-refractivity contribution in [2.24, 2.45) is 0 Å². The number of piperidine rings is 1. The van der Waals surface area contributed by atoms with Crippen LogP contribution in [0.15, 0.2) is 24.3 Å². The van der Waals surface area contributed by atoms with Crippen LogP contribution in [-0.2, 0) is 0 Å². The summed E-state index contributed by atoms with van der Waals surface area (Å²) in [5, 5.41) is 10.3. The molecule has 1 N–H and O–H groups in total. The molecule has 1 aromatic carbocycles. The van der Waals surface area contributed by atoms with E-state index in [4.69, 9.17) is 4.74 Å². The van der Waals surface area contributed by atoms with Gasteiger partial charge in [-0.3, -0.25) is 0 Å². The molecule has 1 heterocycles. The molecule has 1 unspecified atom stereocenters. The largest absolute Gasteiger partial charge is 0.494 e. The molecule has 0 spiro atoms. The molecule has 1 atom stereocenters. The van der Waals surface area contributed by atoms with E-state index in [2.05, 4.69) is 11.8 Å². The van der Waals surface area contributed by atoms with E-state index < -0.39 is 0 Å². The molecule has 0 radical (unpaired) electrons. The fourth-order valence-corrected chi connectivity index (χ4v) is 2.78. The van der Waals surface area contributed by atoms with Crippen LogP contribution in [-0.4, -0.2) is 36.2 Å². The number of aliphatic hydroxyl groups is 1. The van der Waals surface area contributed by atoms with Crippen molar-refractivity contribution in [3.05, 3.63) is 29.8 Å². The molecule has 0 aromatic heterocycles. The van der Waals surface area contributed by atoms with Crippen molar-refractivity contribution in [2.45, 2.75) is 51.6 Å². The average molecular weight is 328 g/mol. The van der Waals surface area contributed by atoms with Crippen molar-refractivity contribution in [3.8, 4) is 5.75 Å². The predicted octanol–water partition coefficient (Wildman–Crippen LogP) is 4.20. The minimum absolute atomic E-state index is 0. The maximum atomic E-state index is 10.3. The number of hydrogen-bond acceptors (Lipinski definition) is 3. The van der Waals surface area contributed by atoms with Crippen LogP contribution in [0.5, 0.6) is 5.75 Å². The van der Waals surface area contributed by atoms with Gasteiger partial charge in [0.1, 0.15) is 5.75 Å². The number of hydrogen-bond donors (Lipinski definition) is 1. The quantitative estimate of drug-likeness (QED) is 0.726. The molecule has 1 saturated heterocycles. The average Bonchev–Trinajstić information content (AvgIpc) is 2.54. The SMILES string of the molecule is CCCCOc1ccc(C(O)CCN2CCCCC2)cc1.Cl. The molecule has 1 aromatic rings. The molecular formula is C18H30ClNO2. The molecule has 1 fully saturated rings. The van der Waals surface area contributed by atoms with Gasteiger partial charge >= 0.3 is 0 Å². The standard InChI is InChI=1S/C18H29NO2.ClH/c1-2-3-15-21-17-9-7-16(8-10-17)18(20)11-14-19-12-5-4-6-13-19;/h7-10,18,20H,2-6,11-15H2,1H3;1H. The molecule has 1 aliphatic heterocycles. The van der Waals surface area contributed by atoms with Crippen LogP contribution in [0.1, 0.15) is 57.1 Å². The highest BCUT2D eigenvalue weighted by atomic mass is 35.5. The normalized spacial score (nSPS) is 16.8. The molecule has 0 aliphatic carbocycles. The Labute approximate surface area is 141 Å². The van der Waals surface area contributed by atoms with Gasteiger partial charge in [0, 0.05) is 6.54 Å². The van der Waals surface area contributed by atoms with Gasteiger partial charge in [-0.25, -0.2) is 0 Å². The first-order valence-electron chi connectivity index (χ1n) is 8.43. The van der Waals surface area contributed by atoms with Crippen molar-refractivity contribution >= 4 is 12.4 Å². The van der Waals surface area contributed by atoms with E-state index in [-0.39, 0.29) is 18.5 Å². The number of nitrogens with zero attached hydrogens (tertiary/aromatic N) is 1. The number of ether oxygens (including phenoxy) is 1. The Morgan fingerprint density at radius 2 is 1.82 bits per heavy atom. The summed E-state index contributed by atoms with van der Waals surface area (Å²) in [5.74, 6) is 0.899. The van der Waals surface area contributed by atoms with Crippen LogP contribution in [0, 0.1) is 0 Å². The van der Waals surface area contributed by atoms with Crippen molar-refractivity contribution < 1.29 is 9.84 Å². The first kappa shape index (κ1) is 19.3. The summed E-state index contributed by atoms with van der Waals surface area (Å²) < 4.78 is 5.65. The second-order valence-electron chi connectivity index (χ2n) is 5.98. The van der Waals surface area contributed by atoms with Gasteiger partial charge in [0.15, 0.2) is 0 Å². The summed E-state index contributed by atoms with van der Waals surface area (Å²) in [4.78, 5) is 2.47. The minimum atomic E-state index is -0.364. The fraction of sp³-hybridized carbons (Fsp3) is 0.667. The molecular weight excluding hydrogens is 298 g/mol. The number of benzene rings is 1. The van der Waals surface area contributed by atoms with Crippen LogP contribution in [0.4, 0.5) is 0 Å². The zero-order valence-corrected chi connectivity index (χ0v) is 14.5. The number of aliphatic hydroxyl groups excluding tert-OH is 1. The summed E-state index contributed by atoms with van der Waals surface area (Å²) in [7, 11) is 0. The summed E-state index contributed by atoms with van der Waals surface area (Å²) in [6, 6.07) is 7.91. The Morgan fingerprint density at radius 3 is 2.45 bits per heavy atom. The second-order valence-corrected chi connectivity index (χ2v) is 5.98. The Bertz CT molecular complexity index is 391. The molecule has 1 aliphatic rings. The van der Waals surface area contributed by atoms with E-state index in [0.29, 0.717) is 0 Å². The van der Waals surface area contributed by atoms with Crippen molar-refractivity contribution in [2.75, 3.05) is 26.2 Å². The van der Waals surface area contributed by atoms with E-state index in [1.54, 1.807) is 0 Å². The second kappa shape index (κ2) is 10.9. The van der Waals surface area contributed by atoms with Gasteiger partial charge in [0.25, 0.3) is 0 Å². The topological polar surface area (TPSA) is 32.7 Å². The van der Waals surface area contributed by atoms with Gasteiger partial charge < -0.3 is 14.7 Å². The van der Waals surface area contributed by atoms with E-state index in [1.165, 1.54) is 32.4 Å². The fourth-order valence-electron chi connectivity index (χ4n) is 2.78. The number of rotatable bonds is 8. The van der Waals surface area contributed by atoms with Crippen molar-refractivity contribution in [3.63, 3.8) is 0 Å². The molecule has 0 saturated carbocycles. The Hall–Kier alpha value is -0.770. The highest BCUT2D eigenvalue weighted by Crippen LogP contribution is 2.21. The number of halogens is 1. The Balaban J connectivity index is 0.00000242. The van der Waals surface area contributed by atoms with Crippen LogP contribution in [0.2, 0.25) is 0 Å². The van der Waals surface area contributed by atoms with Gasteiger partial charge in [-0.1, -0.05) is 31.9 Å². The van der Waals surface area contributed by atoms with E-state index >= 15 is 0 Å². The third-order valence-corrected chi connectivity index (χ3v) is 4.20. The zero-order valence-electron chi connectivity index (χ0n) is 13.7. The maximum absolute atomic E-state index is 10.3. The Kier molecular flexibility index (Phi) is 9.53. The van der Waals surface area contributed by atoms with Gasteiger partial charge in [0.05, 0.1) is 12.7 Å². The first-order valence-corrected chi connectivity index (χ1v) is 8.43. The highest BCUT2D eigenvalue weighted by Gasteiger charge is 2.13. The van der Waals surface area contributed by atoms with Gasteiger partial charge in [-0.15, -0.1) is 12.4 Å². The lowest BCUT2D eigenvalue weighted by Crippen LogP contribution is -2.31. The van der Waals surface area contributed by atoms with E-state index in [1.807, 2.05) is 24.3 Å². The molecule has 0 bridgehead atoms. The van der Waals surface area contributed by atoms with E-state index in [0.717, 1.165) is 43.7 Å². The third-order valence-electron chi connectivity index (χ3n) is 4.20. The lowest BCUT2D eigenvalue weighted by atomic mass is 10.1. The highest BCUT2D eigenvalue weighted by molar-refractivity contribution is 5.85. The monoisotopic (exact) mass is 327 g/mol. The Morgan fingerprint density at radius 1 is 1.14 bits per heavy atom. The maximum Gasteiger partial charge on any atom is 0.119 e. The lowest BCUT2D eigenvalue weighted by molar-refractivity contribution is 0.134. The number of likely N-dealkylation sites (tertiary alicyclic amines) is 1. The predicted molar refractivity (Wildman–Crippen MR) is 94.0 cm³/mol. The minimum Gasteiger partial charge on any atom is -0.494 e. The van der Waals surface area contributed by atoms with Gasteiger partial charge in [-0.05, 0) is 56.5 Å². The van der Waals surface area contributed by atoms with Crippen LogP contribution >= 0.6 is 12.4 Å². The van der Waals surface area contributed by atoms with Crippen molar-refractivity contribution in [1.29, 1.82) is 0 Å². The summed E-state index contributed by atoms with van der Waals surface area (Å²) in [5.41, 5.74) is 0.995. The summed E-state index contributed by atoms with van der Waals surface area (Å²) in [6.07, 6.45) is 6.65. The molecule has 0 amide bonds. The molecule has 22 heavy (non-hydrogen) atoms. The van der Waals surface area contributed by atoms with Crippen LogP contribution in [0.3, 0.4) is 0 Å². The molecule has 3 nitrogen and oxygen atoms in total. The smallest absolute Gasteiger partial charge is 0.119 e. The van der Waals surface area contributed by atoms with Gasteiger partial charge in [-0.2, -0.15) is 0 Å². The molecule has 126 valence electrons. The lowest BCUT2D eigenvalue weighted by Gasteiger charge is -2.27. The van der Waals surface area contributed by atoms with Crippen LogP contribution < -0.4 is 4.74 Å². The summed E-state index contributed by atoms with van der Waals surface area (Å²) in [6.45, 7) is 6.31. The molecule has 4 heteroatoms. The van der Waals surface area contributed by atoms with Gasteiger partial charge in [0.2, 0.25) is 0 Å². The molecule has 2 rings (SSSR count). The van der Waals surface area contributed by atoms with Crippen molar-refractivity contribution in [1.82, 2.24) is 4.90 Å². The van der Waals surface area contributed by atoms with Crippen LogP contribution in [0.25, 0.3) is 0 Å². The zero-order chi connectivity index (χ0) is 14.9. The van der Waals surface area contributed by atoms with E-state index in [9.17, 15) is 5.11 Å². The third kappa shape index (κ3) is 6.55.